The van der Waals surface area contributed by atoms with E-state index in [1.165, 1.54) is 7.11 Å². The number of benzene rings is 1. The molecular formula is C14H20N2O3. The lowest BCUT2D eigenvalue weighted by Crippen LogP contribution is -2.26. The van der Waals surface area contributed by atoms with Crippen LogP contribution >= 0.6 is 0 Å². The summed E-state index contributed by atoms with van der Waals surface area (Å²) in [7, 11) is 1.38. The highest BCUT2D eigenvalue weighted by Gasteiger charge is 2.08. The molecule has 0 heterocycles. The van der Waals surface area contributed by atoms with Crippen molar-refractivity contribution in [1.29, 1.82) is 0 Å². The molecule has 1 aromatic carbocycles. The van der Waals surface area contributed by atoms with Crippen LogP contribution in [0, 0.1) is 0 Å². The van der Waals surface area contributed by atoms with Crippen molar-refractivity contribution in [3.05, 3.63) is 35.4 Å². The monoisotopic (exact) mass is 264 g/mol. The Hall–Kier alpha value is -1.88. The molecule has 19 heavy (non-hydrogen) atoms. The van der Waals surface area contributed by atoms with Crippen molar-refractivity contribution in [2.75, 3.05) is 20.2 Å². The average molecular weight is 264 g/mol. The molecular weight excluding hydrogens is 244 g/mol. The number of carbonyl (C=O) groups excluding carboxylic acids is 2. The number of rotatable bonds is 7. The van der Waals surface area contributed by atoms with Crippen molar-refractivity contribution in [3.63, 3.8) is 0 Å². The van der Waals surface area contributed by atoms with Gasteiger partial charge in [-0.15, -0.1) is 0 Å². The number of hydrogen-bond acceptors (Lipinski definition) is 4. The van der Waals surface area contributed by atoms with E-state index in [9.17, 15) is 9.59 Å². The molecule has 0 aliphatic carbocycles. The van der Waals surface area contributed by atoms with Gasteiger partial charge in [-0.1, -0.05) is 19.1 Å². The first kappa shape index (κ1) is 15.2. The maximum absolute atomic E-state index is 11.1. The molecule has 1 aromatic rings. The fraction of sp³-hybridized carbons (Fsp3) is 0.429. The second kappa shape index (κ2) is 7.53. The van der Waals surface area contributed by atoms with E-state index in [-0.39, 0.29) is 5.97 Å². The van der Waals surface area contributed by atoms with Gasteiger partial charge in [-0.25, -0.2) is 0 Å². The fourth-order valence-electron chi connectivity index (χ4n) is 1.78. The molecule has 0 bridgehead atoms. The third kappa shape index (κ3) is 5.09. The summed E-state index contributed by atoms with van der Waals surface area (Å²) in [6.45, 7) is 4.14. The van der Waals surface area contributed by atoms with E-state index in [2.05, 4.69) is 9.64 Å². The standard InChI is InChI=1S/C14H20N2O3/c1-3-16(8-7-13(17)19-2)10-11-5-4-6-12(9-11)14(15)18/h4-6,9H,3,7-8,10H2,1-2H3,(H2,15,18). The number of amides is 1. The molecule has 0 aliphatic heterocycles. The largest absolute Gasteiger partial charge is 0.469 e. The summed E-state index contributed by atoms with van der Waals surface area (Å²) in [5.74, 6) is -0.649. The van der Waals surface area contributed by atoms with E-state index in [0.29, 0.717) is 25.1 Å². The molecule has 0 atom stereocenters. The van der Waals surface area contributed by atoms with Crippen molar-refractivity contribution in [3.8, 4) is 0 Å². The molecule has 0 aliphatic rings. The van der Waals surface area contributed by atoms with Gasteiger partial charge in [-0.3, -0.25) is 14.5 Å². The third-order valence-electron chi connectivity index (χ3n) is 2.92. The first-order valence-corrected chi connectivity index (χ1v) is 6.24. The molecule has 0 fully saturated rings. The van der Waals surface area contributed by atoms with Gasteiger partial charge in [-0.05, 0) is 24.2 Å². The molecule has 0 unspecified atom stereocenters. The molecule has 1 rings (SSSR count). The predicted molar refractivity (Wildman–Crippen MR) is 72.5 cm³/mol. The molecule has 104 valence electrons. The highest BCUT2D eigenvalue weighted by molar-refractivity contribution is 5.92. The average Bonchev–Trinajstić information content (AvgIpc) is 2.43. The Morgan fingerprint density at radius 1 is 1.37 bits per heavy atom. The summed E-state index contributed by atoms with van der Waals surface area (Å²) in [5.41, 5.74) is 6.75. The van der Waals surface area contributed by atoms with E-state index in [1.807, 2.05) is 19.1 Å². The van der Waals surface area contributed by atoms with Crippen LogP contribution in [-0.4, -0.2) is 37.0 Å². The van der Waals surface area contributed by atoms with Crippen LogP contribution in [0.3, 0.4) is 0 Å². The first-order chi connectivity index (χ1) is 9.06. The van der Waals surface area contributed by atoms with Gasteiger partial charge in [0.25, 0.3) is 0 Å². The lowest BCUT2D eigenvalue weighted by Gasteiger charge is -2.20. The van der Waals surface area contributed by atoms with Gasteiger partial charge < -0.3 is 10.5 Å². The zero-order chi connectivity index (χ0) is 14.3. The Balaban J connectivity index is 2.62. The Morgan fingerprint density at radius 2 is 2.11 bits per heavy atom. The summed E-state index contributed by atoms with van der Waals surface area (Å²) in [4.78, 5) is 24.3. The number of hydrogen-bond donors (Lipinski definition) is 1. The van der Waals surface area contributed by atoms with E-state index < -0.39 is 5.91 Å². The number of nitrogens with two attached hydrogens (primary N) is 1. The zero-order valence-electron chi connectivity index (χ0n) is 11.4. The molecule has 5 nitrogen and oxygen atoms in total. The van der Waals surface area contributed by atoms with Crippen LogP contribution in [0.25, 0.3) is 0 Å². The fourth-order valence-corrected chi connectivity index (χ4v) is 1.78. The molecule has 5 heteroatoms. The molecule has 0 saturated carbocycles. The Morgan fingerprint density at radius 3 is 2.68 bits per heavy atom. The van der Waals surface area contributed by atoms with Gasteiger partial charge in [0.1, 0.15) is 0 Å². The van der Waals surface area contributed by atoms with E-state index >= 15 is 0 Å². The van der Waals surface area contributed by atoms with Gasteiger partial charge >= 0.3 is 5.97 Å². The predicted octanol–water partition coefficient (Wildman–Crippen LogP) is 1.17. The molecule has 0 saturated heterocycles. The maximum atomic E-state index is 11.1. The maximum Gasteiger partial charge on any atom is 0.306 e. The Bertz CT molecular complexity index is 446. The molecule has 0 aromatic heterocycles. The summed E-state index contributed by atoms with van der Waals surface area (Å²) >= 11 is 0. The minimum atomic E-state index is -0.431. The number of nitrogens with zero attached hydrogens (tertiary/aromatic N) is 1. The Labute approximate surface area is 113 Å². The van der Waals surface area contributed by atoms with Gasteiger partial charge in [-0.2, -0.15) is 0 Å². The molecule has 0 radical (unpaired) electrons. The van der Waals surface area contributed by atoms with Crippen molar-refractivity contribution in [2.45, 2.75) is 19.9 Å². The third-order valence-corrected chi connectivity index (χ3v) is 2.92. The van der Waals surface area contributed by atoms with E-state index in [1.54, 1.807) is 12.1 Å². The minimum absolute atomic E-state index is 0.218. The van der Waals surface area contributed by atoms with Crippen LogP contribution in [0.5, 0.6) is 0 Å². The molecule has 1 amide bonds. The van der Waals surface area contributed by atoms with Crippen molar-refractivity contribution in [1.82, 2.24) is 4.90 Å². The molecule has 2 N–H and O–H groups in total. The minimum Gasteiger partial charge on any atom is -0.469 e. The van der Waals surface area contributed by atoms with E-state index in [4.69, 9.17) is 5.73 Å². The topological polar surface area (TPSA) is 72.6 Å². The highest BCUT2D eigenvalue weighted by atomic mass is 16.5. The summed E-state index contributed by atoms with van der Waals surface area (Å²) < 4.78 is 4.62. The van der Waals surface area contributed by atoms with Gasteiger partial charge in [0.05, 0.1) is 13.5 Å². The lowest BCUT2D eigenvalue weighted by atomic mass is 10.1. The Kier molecular flexibility index (Phi) is 6.02. The number of ether oxygens (including phenoxy) is 1. The van der Waals surface area contributed by atoms with E-state index in [0.717, 1.165) is 12.1 Å². The van der Waals surface area contributed by atoms with Crippen LogP contribution in [0.15, 0.2) is 24.3 Å². The van der Waals surface area contributed by atoms with Crippen LogP contribution in [0.1, 0.15) is 29.3 Å². The van der Waals surface area contributed by atoms with Crippen molar-refractivity contribution < 1.29 is 14.3 Å². The summed E-state index contributed by atoms with van der Waals surface area (Å²) in [5, 5.41) is 0. The summed E-state index contributed by atoms with van der Waals surface area (Å²) in [6.07, 6.45) is 0.361. The SMILES string of the molecule is CCN(CCC(=O)OC)Cc1cccc(C(N)=O)c1. The second-order valence-corrected chi connectivity index (χ2v) is 4.26. The van der Waals surface area contributed by atoms with Crippen molar-refractivity contribution >= 4 is 11.9 Å². The number of methoxy groups -OCH3 is 1. The van der Waals surface area contributed by atoms with Crippen LogP contribution < -0.4 is 5.73 Å². The van der Waals surface area contributed by atoms with Gasteiger partial charge in [0.2, 0.25) is 5.91 Å². The smallest absolute Gasteiger partial charge is 0.306 e. The van der Waals surface area contributed by atoms with Crippen molar-refractivity contribution in [2.24, 2.45) is 5.73 Å². The van der Waals surface area contributed by atoms with Gasteiger partial charge in [0.15, 0.2) is 0 Å². The first-order valence-electron chi connectivity index (χ1n) is 6.24. The number of esters is 1. The highest BCUT2D eigenvalue weighted by Crippen LogP contribution is 2.08. The zero-order valence-corrected chi connectivity index (χ0v) is 11.4. The normalized spacial score (nSPS) is 10.5. The lowest BCUT2D eigenvalue weighted by molar-refractivity contribution is -0.141. The number of primary amides is 1. The van der Waals surface area contributed by atoms with Crippen LogP contribution in [0.2, 0.25) is 0 Å². The van der Waals surface area contributed by atoms with Crippen LogP contribution in [0.4, 0.5) is 0 Å². The second-order valence-electron chi connectivity index (χ2n) is 4.26. The van der Waals surface area contributed by atoms with Gasteiger partial charge in [0, 0.05) is 18.7 Å². The quantitative estimate of drug-likeness (QED) is 0.750. The summed E-state index contributed by atoms with van der Waals surface area (Å²) in [6, 6.07) is 7.22. The number of carbonyl (C=O) groups is 2. The van der Waals surface area contributed by atoms with Crippen LogP contribution in [-0.2, 0) is 16.1 Å². The molecule has 0 spiro atoms.